The fourth-order valence-electron chi connectivity index (χ4n) is 3.74. The van der Waals surface area contributed by atoms with E-state index in [4.69, 9.17) is 5.73 Å². The molecular formula is C19H28N4O2. The molecule has 0 aliphatic carbocycles. The number of rotatable bonds is 5. The number of hydrogen-bond donors (Lipinski definition) is 3. The minimum atomic E-state index is -0.223. The van der Waals surface area contributed by atoms with Crippen LogP contribution in [-0.4, -0.2) is 48.4 Å². The van der Waals surface area contributed by atoms with Crippen molar-refractivity contribution in [1.29, 1.82) is 0 Å². The molecule has 4 N–H and O–H groups in total. The molecule has 0 radical (unpaired) electrons. The smallest absolute Gasteiger partial charge is 0.243 e. The van der Waals surface area contributed by atoms with Crippen LogP contribution in [0, 0.1) is 6.92 Å². The van der Waals surface area contributed by atoms with Gasteiger partial charge in [0.2, 0.25) is 11.8 Å². The molecule has 2 amide bonds. The van der Waals surface area contributed by atoms with Crippen molar-refractivity contribution in [2.45, 2.75) is 51.1 Å². The fourth-order valence-corrected chi connectivity index (χ4v) is 3.74. The van der Waals surface area contributed by atoms with Crippen LogP contribution in [0.2, 0.25) is 0 Å². The zero-order valence-corrected chi connectivity index (χ0v) is 14.9. The number of amides is 2. The van der Waals surface area contributed by atoms with Crippen molar-refractivity contribution in [3.63, 3.8) is 0 Å². The number of benzene rings is 1. The van der Waals surface area contributed by atoms with Crippen molar-refractivity contribution in [3.8, 4) is 0 Å². The first-order valence-electron chi connectivity index (χ1n) is 9.21. The Morgan fingerprint density at radius 3 is 3.00 bits per heavy atom. The lowest BCUT2D eigenvalue weighted by Gasteiger charge is -2.33. The molecule has 3 rings (SSSR count). The zero-order valence-electron chi connectivity index (χ0n) is 14.9. The van der Waals surface area contributed by atoms with Gasteiger partial charge < -0.3 is 21.3 Å². The van der Waals surface area contributed by atoms with Crippen molar-refractivity contribution in [2.24, 2.45) is 5.73 Å². The summed E-state index contributed by atoms with van der Waals surface area (Å²) in [5.41, 5.74) is 8.93. The highest BCUT2D eigenvalue weighted by Gasteiger charge is 2.30. The Hall–Kier alpha value is -2.08. The van der Waals surface area contributed by atoms with Gasteiger partial charge >= 0.3 is 0 Å². The molecule has 0 saturated carbocycles. The maximum Gasteiger partial charge on any atom is 0.243 e. The topological polar surface area (TPSA) is 87.5 Å². The lowest BCUT2D eigenvalue weighted by Crippen LogP contribution is -2.52. The SMILES string of the molecule is Cc1cccc2c1NC(C(=O)NC1CCCN(C(=O)CCCN)C1)C2. The van der Waals surface area contributed by atoms with Crippen LogP contribution in [0.25, 0.3) is 0 Å². The second kappa shape index (κ2) is 7.87. The van der Waals surface area contributed by atoms with Crippen molar-refractivity contribution < 1.29 is 9.59 Å². The monoisotopic (exact) mass is 344 g/mol. The van der Waals surface area contributed by atoms with Gasteiger partial charge in [-0.05, 0) is 43.9 Å². The van der Waals surface area contributed by atoms with Crippen LogP contribution >= 0.6 is 0 Å². The van der Waals surface area contributed by atoms with E-state index in [9.17, 15) is 9.59 Å². The standard InChI is InChI=1S/C19H28N4O2/c1-13-5-2-6-14-11-16(22-18(13)14)19(25)21-15-7-4-10-23(12-15)17(24)8-3-9-20/h2,5-6,15-16,22H,3-4,7-12,20H2,1H3,(H,21,25). The quantitative estimate of drug-likeness (QED) is 0.748. The summed E-state index contributed by atoms with van der Waals surface area (Å²) in [6.45, 7) is 3.97. The molecular weight excluding hydrogens is 316 g/mol. The van der Waals surface area contributed by atoms with E-state index in [2.05, 4.69) is 29.7 Å². The maximum atomic E-state index is 12.6. The lowest BCUT2D eigenvalue weighted by atomic mass is 10.0. The Labute approximate surface area is 149 Å². The van der Waals surface area contributed by atoms with E-state index in [1.165, 1.54) is 11.1 Å². The van der Waals surface area contributed by atoms with Gasteiger partial charge in [0.1, 0.15) is 6.04 Å². The summed E-state index contributed by atoms with van der Waals surface area (Å²) in [6, 6.07) is 5.97. The van der Waals surface area contributed by atoms with Gasteiger partial charge in [0.25, 0.3) is 0 Å². The third-order valence-corrected chi connectivity index (χ3v) is 5.13. The molecule has 2 unspecified atom stereocenters. The van der Waals surface area contributed by atoms with Crippen molar-refractivity contribution in [2.75, 3.05) is 25.0 Å². The summed E-state index contributed by atoms with van der Waals surface area (Å²) in [7, 11) is 0. The minimum Gasteiger partial charge on any atom is -0.373 e. The fraction of sp³-hybridized carbons (Fsp3) is 0.579. The molecule has 1 aromatic carbocycles. The summed E-state index contributed by atoms with van der Waals surface area (Å²) in [5, 5.41) is 6.48. The first-order valence-corrected chi connectivity index (χ1v) is 9.21. The van der Waals surface area contributed by atoms with Crippen molar-refractivity contribution in [3.05, 3.63) is 29.3 Å². The summed E-state index contributed by atoms with van der Waals surface area (Å²) in [4.78, 5) is 26.7. The summed E-state index contributed by atoms with van der Waals surface area (Å²) >= 11 is 0. The molecule has 2 aliphatic heterocycles. The number of piperidine rings is 1. The Kier molecular flexibility index (Phi) is 5.58. The first-order chi connectivity index (χ1) is 12.1. The lowest BCUT2D eigenvalue weighted by molar-refractivity contribution is -0.133. The number of nitrogens with two attached hydrogens (primary N) is 1. The van der Waals surface area contributed by atoms with Crippen LogP contribution in [0.4, 0.5) is 5.69 Å². The van der Waals surface area contributed by atoms with Gasteiger partial charge in [-0.15, -0.1) is 0 Å². The molecule has 25 heavy (non-hydrogen) atoms. The highest BCUT2D eigenvalue weighted by atomic mass is 16.2. The molecule has 2 atom stereocenters. The van der Waals surface area contributed by atoms with Crippen LogP contribution in [0.3, 0.4) is 0 Å². The number of nitrogens with zero attached hydrogens (tertiary/aromatic N) is 1. The number of likely N-dealkylation sites (tertiary alicyclic amines) is 1. The number of para-hydroxylation sites is 1. The molecule has 2 aliphatic rings. The van der Waals surface area contributed by atoms with E-state index in [1.807, 2.05) is 11.0 Å². The summed E-state index contributed by atoms with van der Waals surface area (Å²) < 4.78 is 0. The van der Waals surface area contributed by atoms with Gasteiger partial charge in [-0.25, -0.2) is 0 Å². The van der Waals surface area contributed by atoms with Crippen molar-refractivity contribution in [1.82, 2.24) is 10.2 Å². The van der Waals surface area contributed by atoms with Gasteiger partial charge in [0, 0.05) is 37.7 Å². The number of nitrogens with one attached hydrogen (secondary N) is 2. The van der Waals surface area contributed by atoms with Crippen LogP contribution in [-0.2, 0) is 16.0 Å². The Morgan fingerprint density at radius 1 is 1.40 bits per heavy atom. The normalized spacial score (nSPS) is 22.2. The van der Waals surface area contributed by atoms with Gasteiger partial charge in [-0.1, -0.05) is 18.2 Å². The second-order valence-corrected chi connectivity index (χ2v) is 7.09. The van der Waals surface area contributed by atoms with E-state index in [1.54, 1.807) is 0 Å². The molecule has 1 fully saturated rings. The van der Waals surface area contributed by atoms with Gasteiger partial charge in [0.15, 0.2) is 0 Å². The van der Waals surface area contributed by atoms with Crippen LogP contribution in [0.1, 0.15) is 36.8 Å². The molecule has 2 heterocycles. The molecule has 136 valence electrons. The maximum absolute atomic E-state index is 12.6. The van der Waals surface area contributed by atoms with E-state index >= 15 is 0 Å². The third-order valence-electron chi connectivity index (χ3n) is 5.13. The number of hydrogen-bond acceptors (Lipinski definition) is 4. The van der Waals surface area contributed by atoms with Crippen molar-refractivity contribution >= 4 is 17.5 Å². The summed E-state index contributed by atoms with van der Waals surface area (Å²) in [6.07, 6.45) is 3.78. The Bertz CT molecular complexity index is 646. The van der Waals surface area contributed by atoms with Gasteiger partial charge in [-0.2, -0.15) is 0 Å². The highest BCUT2D eigenvalue weighted by molar-refractivity contribution is 5.88. The largest absolute Gasteiger partial charge is 0.373 e. The molecule has 6 heteroatoms. The average Bonchev–Trinajstić information content (AvgIpc) is 3.06. The summed E-state index contributed by atoms with van der Waals surface area (Å²) in [5.74, 6) is 0.170. The van der Waals surface area contributed by atoms with Crippen LogP contribution in [0.5, 0.6) is 0 Å². The Morgan fingerprint density at radius 2 is 2.24 bits per heavy atom. The molecule has 1 aromatic rings. The number of carbonyl (C=O) groups is 2. The molecule has 6 nitrogen and oxygen atoms in total. The second-order valence-electron chi connectivity index (χ2n) is 7.09. The molecule has 0 spiro atoms. The molecule has 0 aromatic heterocycles. The van der Waals surface area contributed by atoms with Crippen LogP contribution < -0.4 is 16.4 Å². The highest BCUT2D eigenvalue weighted by Crippen LogP contribution is 2.29. The molecule has 1 saturated heterocycles. The molecule has 0 bridgehead atoms. The first kappa shape index (κ1) is 17.7. The number of anilines is 1. The Balaban J connectivity index is 1.53. The van der Waals surface area contributed by atoms with E-state index < -0.39 is 0 Å². The average molecular weight is 344 g/mol. The van der Waals surface area contributed by atoms with Gasteiger partial charge in [-0.3, -0.25) is 9.59 Å². The van der Waals surface area contributed by atoms with E-state index in [-0.39, 0.29) is 23.9 Å². The van der Waals surface area contributed by atoms with E-state index in [0.717, 1.165) is 31.5 Å². The minimum absolute atomic E-state index is 0.0249. The number of fused-ring (bicyclic) bond motifs is 1. The predicted molar refractivity (Wildman–Crippen MR) is 98.3 cm³/mol. The predicted octanol–water partition coefficient (Wildman–Crippen LogP) is 1.18. The van der Waals surface area contributed by atoms with Gasteiger partial charge in [0.05, 0.1) is 0 Å². The number of aryl methyl sites for hydroxylation is 1. The van der Waals surface area contributed by atoms with Crippen LogP contribution in [0.15, 0.2) is 18.2 Å². The van der Waals surface area contributed by atoms with E-state index in [0.29, 0.717) is 25.9 Å². The third kappa shape index (κ3) is 4.12. The zero-order chi connectivity index (χ0) is 17.8. The number of carbonyl (C=O) groups excluding carboxylic acids is 2.